The lowest BCUT2D eigenvalue weighted by Crippen LogP contribution is -2.15. The van der Waals surface area contributed by atoms with E-state index in [-0.39, 0.29) is 11.4 Å². The van der Waals surface area contributed by atoms with E-state index in [0.717, 1.165) is 21.2 Å². The largest absolute Gasteiger partial charge is 0.465 e. The first-order valence-electron chi connectivity index (χ1n) is 5.84. The molecule has 0 amide bonds. The molecule has 1 aliphatic rings. The van der Waals surface area contributed by atoms with Gasteiger partial charge in [0.2, 0.25) is 0 Å². The molecule has 0 aliphatic heterocycles. The standard InChI is InChI=1S/C15H13BrO3/c1-9(17)14(15(18)19-2)12-7-3-6-11-10(12)5-4-8-13(11)16/h3-6,8H,7H2,1-2H3/b14-12+. The van der Waals surface area contributed by atoms with Crippen molar-refractivity contribution < 1.29 is 14.3 Å². The van der Waals surface area contributed by atoms with E-state index < -0.39 is 5.97 Å². The van der Waals surface area contributed by atoms with Crippen molar-refractivity contribution in [3.8, 4) is 0 Å². The third kappa shape index (κ3) is 2.54. The van der Waals surface area contributed by atoms with Crippen molar-refractivity contribution in [3.63, 3.8) is 0 Å². The molecule has 0 fully saturated rings. The summed E-state index contributed by atoms with van der Waals surface area (Å²) in [5, 5.41) is 0. The summed E-state index contributed by atoms with van der Waals surface area (Å²) in [6, 6.07) is 5.72. The number of ether oxygens (including phenoxy) is 1. The van der Waals surface area contributed by atoms with Crippen molar-refractivity contribution in [1.29, 1.82) is 0 Å². The molecule has 0 saturated carbocycles. The first-order chi connectivity index (χ1) is 9.06. The van der Waals surface area contributed by atoms with Crippen molar-refractivity contribution in [2.45, 2.75) is 13.3 Å². The van der Waals surface area contributed by atoms with E-state index in [1.165, 1.54) is 14.0 Å². The van der Waals surface area contributed by atoms with Crippen molar-refractivity contribution in [1.82, 2.24) is 0 Å². The zero-order chi connectivity index (χ0) is 14.0. The van der Waals surface area contributed by atoms with Gasteiger partial charge in [0.1, 0.15) is 5.57 Å². The zero-order valence-corrected chi connectivity index (χ0v) is 12.3. The van der Waals surface area contributed by atoms with Crippen LogP contribution < -0.4 is 0 Å². The van der Waals surface area contributed by atoms with Crippen LogP contribution in [0.2, 0.25) is 0 Å². The van der Waals surface area contributed by atoms with Gasteiger partial charge in [0.15, 0.2) is 5.78 Å². The summed E-state index contributed by atoms with van der Waals surface area (Å²) in [5.41, 5.74) is 2.73. The van der Waals surface area contributed by atoms with Gasteiger partial charge in [-0.2, -0.15) is 0 Å². The van der Waals surface area contributed by atoms with Crippen molar-refractivity contribution >= 4 is 39.3 Å². The van der Waals surface area contributed by atoms with Gasteiger partial charge in [-0.3, -0.25) is 4.79 Å². The monoisotopic (exact) mass is 320 g/mol. The van der Waals surface area contributed by atoms with E-state index in [0.29, 0.717) is 6.42 Å². The lowest BCUT2D eigenvalue weighted by atomic mass is 9.88. The molecule has 19 heavy (non-hydrogen) atoms. The Balaban J connectivity index is 2.71. The molecule has 3 nitrogen and oxygen atoms in total. The lowest BCUT2D eigenvalue weighted by Gasteiger charge is -2.18. The predicted molar refractivity (Wildman–Crippen MR) is 77.4 cm³/mol. The molecule has 1 aromatic rings. The number of rotatable bonds is 2. The number of esters is 1. The van der Waals surface area contributed by atoms with E-state index in [1.807, 2.05) is 30.4 Å². The quantitative estimate of drug-likeness (QED) is 0.363. The fourth-order valence-electron chi connectivity index (χ4n) is 2.19. The molecule has 0 spiro atoms. The fourth-order valence-corrected chi connectivity index (χ4v) is 2.69. The van der Waals surface area contributed by atoms with Gasteiger partial charge >= 0.3 is 5.97 Å². The van der Waals surface area contributed by atoms with Crippen molar-refractivity contribution in [2.75, 3.05) is 7.11 Å². The van der Waals surface area contributed by atoms with Crippen LogP contribution in [0.4, 0.5) is 0 Å². The average Bonchev–Trinajstić information content (AvgIpc) is 2.39. The van der Waals surface area contributed by atoms with E-state index >= 15 is 0 Å². The van der Waals surface area contributed by atoms with Gasteiger partial charge in [-0.15, -0.1) is 0 Å². The summed E-state index contributed by atoms with van der Waals surface area (Å²) >= 11 is 3.47. The summed E-state index contributed by atoms with van der Waals surface area (Å²) < 4.78 is 5.66. The Morgan fingerprint density at radius 3 is 2.68 bits per heavy atom. The van der Waals surface area contributed by atoms with Crippen LogP contribution in [0.15, 0.2) is 34.3 Å². The molecule has 1 aliphatic carbocycles. The first kappa shape index (κ1) is 13.7. The molecule has 0 bridgehead atoms. The molecule has 98 valence electrons. The number of benzene rings is 1. The molecule has 0 radical (unpaired) electrons. The summed E-state index contributed by atoms with van der Waals surface area (Å²) in [6.45, 7) is 1.38. The highest BCUT2D eigenvalue weighted by atomic mass is 79.9. The SMILES string of the molecule is COC(=O)/C(C(C)=O)=C1\CC=Cc2c(Br)cccc21. The number of ketones is 1. The average molecular weight is 321 g/mol. The van der Waals surface area contributed by atoms with Gasteiger partial charge in [0.05, 0.1) is 7.11 Å². The highest BCUT2D eigenvalue weighted by Gasteiger charge is 2.24. The molecular formula is C15H13BrO3. The van der Waals surface area contributed by atoms with Gasteiger partial charge in [0, 0.05) is 4.47 Å². The third-order valence-corrected chi connectivity index (χ3v) is 3.72. The molecule has 1 aromatic carbocycles. The van der Waals surface area contributed by atoms with Crippen LogP contribution >= 0.6 is 15.9 Å². The summed E-state index contributed by atoms with van der Waals surface area (Å²) in [5.74, 6) is -0.855. The molecule has 0 atom stereocenters. The Labute approximate surface area is 120 Å². The minimum atomic E-state index is -0.580. The van der Waals surface area contributed by atoms with Crippen molar-refractivity contribution in [3.05, 3.63) is 45.4 Å². The van der Waals surface area contributed by atoms with Crippen LogP contribution in [0.25, 0.3) is 11.6 Å². The number of methoxy groups -OCH3 is 1. The summed E-state index contributed by atoms with van der Waals surface area (Å²) in [6.07, 6.45) is 4.47. The summed E-state index contributed by atoms with van der Waals surface area (Å²) in [4.78, 5) is 23.6. The lowest BCUT2D eigenvalue weighted by molar-refractivity contribution is -0.137. The number of fused-ring (bicyclic) bond motifs is 1. The number of carbonyl (C=O) groups is 2. The molecule has 2 rings (SSSR count). The Bertz CT molecular complexity index is 612. The van der Waals surface area contributed by atoms with E-state index in [4.69, 9.17) is 4.74 Å². The van der Waals surface area contributed by atoms with Crippen LogP contribution in [0, 0.1) is 0 Å². The maximum Gasteiger partial charge on any atom is 0.341 e. The minimum Gasteiger partial charge on any atom is -0.465 e. The number of hydrogen-bond acceptors (Lipinski definition) is 3. The maximum absolute atomic E-state index is 11.8. The first-order valence-corrected chi connectivity index (χ1v) is 6.63. The summed E-state index contributed by atoms with van der Waals surface area (Å²) in [7, 11) is 1.28. The van der Waals surface area contributed by atoms with Gasteiger partial charge in [0.25, 0.3) is 0 Å². The van der Waals surface area contributed by atoms with Gasteiger partial charge in [-0.05, 0) is 36.1 Å². The highest BCUT2D eigenvalue weighted by molar-refractivity contribution is 9.10. The van der Waals surface area contributed by atoms with Crippen LogP contribution in [-0.4, -0.2) is 18.9 Å². The number of Topliss-reactive ketones (excluding diaryl/α,β-unsaturated/α-hetero) is 1. The Morgan fingerprint density at radius 1 is 1.32 bits per heavy atom. The molecule has 0 saturated heterocycles. The number of halogens is 1. The van der Waals surface area contributed by atoms with Gasteiger partial charge < -0.3 is 4.74 Å². The number of allylic oxidation sites excluding steroid dienone is 2. The van der Waals surface area contributed by atoms with Crippen LogP contribution in [0.5, 0.6) is 0 Å². The zero-order valence-electron chi connectivity index (χ0n) is 10.7. The Hall–Kier alpha value is -1.68. The van der Waals surface area contributed by atoms with E-state index in [1.54, 1.807) is 0 Å². The Kier molecular flexibility index (Phi) is 4.00. The normalized spacial score (nSPS) is 15.7. The van der Waals surface area contributed by atoms with E-state index in [2.05, 4.69) is 15.9 Å². The number of carbonyl (C=O) groups excluding carboxylic acids is 2. The molecule has 0 N–H and O–H groups in total. The second-order valence-electron chi connectivity index (χ2n) is 4.21. The van der Waals surface area contributed by atoms with Gasteiger partial charge in [-0.25, -0.2) is 4.79 Å². The number of hydrogen-bond donors (Lipinski definition) is 0. The molecular weight excluding hydrogens is 308 g/mol. The maximum atomic E-state index is 11.8. The fraction of sp³-hybridized carbons (Fsp3) is 0.200. The molecule has 0 unspecified atom stereocenters. The van der Waals surface area contributed by atoms with Crippen LogP contribution in [0.3, 0.4) is 0 Å². The third-order valence-electron chi connectivity index (χ3n) is 3.03. The predicted octanol–water partition coefficient (Wildman–Crippen LogP) is 3.38. The topological polar surface area (TPSA) is 43.4 Å². The molecule has 0 aromatic heterocycles. The van der Waals surface area contributed by atoms with Crippen LogP contribution in [0.1, 0.15) is 24.5 Å². The molecule has 4 heteroatoms. The van der Waals surface area contributed by atoms with E-state index in [9.17, 15) is 9.59 Å². The minimum absolute atomic E-state index is 0.131. The Morgan fingerprint density at radius 2 is 2.05 bits per heavy atom. The molecule has 0 heterocycles. The second kappa shape index (κ2) is 5.53. The van der Waals surface area contributed by atoms with Crippen LogP contribution in [-0.2, 0) is 14.3 Å². The smallest absolute Gasteiger partial charge is 0.341 e. The van der Waals surface area contributed by atoms with Crippen molar-refractivity contribution in [2.24, 2.45) is 0 Å². The second-order valence-corrected chi connectivity index (χ2v) is 5.06. The van der Waals surface area contributed by atoms with Gasteiger partial charge in [-0.1, -0.05) is 40.2 Å². The highest BCUT2D eigenvalue weighted by Crippen LogP contribution is 2.35.